The third kappa shape index (κ3) is 52.4. The third-order valence-electron chi connectivity index (χ3n) is 14.6. The van der Waals surface area contributed by atoms with Gasteiger partial charge in [-0.3, -0.25) is 4.79 Å². The van der Waals surface area contributed by atoms with Crippen molar-refractivity contribution in [3.05, 3.63) is 0 Å². The Hall–Kier alpha value is -0.610. The van der Waals surface area contributed by atoms with Crippen molar-refractivity contribution in [2.75, 3.05) is 6.61 Å². The molecule has 0 aromatic carbocycles. The van der Waals surface area contributed by atoms with E-state index in [2.05, 4.69) is 19.2 Å². The number of carbonyl (C=O) groups excluding carboxylic acids is 1. The molecule has 2 atom stereocenters. The molecule has 0 spiro atoms. The second kappa shape index (κ2) is 56.7. The van der Waals surface area contributed by atoms with Gasteiger partial charge in [-0.25, -0.2) is 0 Å². The Kier molecular flexibility index (Phi) is 56.2. The fourth-order valence-corrected chi connectivity index (χ4v) is 10.0. The number of aliphatic hydroxyl groups is 2. The highest BCUT2D eigenvalue weighted by Gasteiger charge is 2.20. The van der Waals surface area contributed by atoms with E-state index >= 15 is 0 Å². The molecule has 2 unspecified atom stereocenters. The van der Waals surface area contributed by atoms with Gasteiger partial charge in [0, 0.05) is 6.42 Å². The summed E-state index contributed by atoms with van der Waals surface area (Å²) in [6, 6.07) is -0.532. The highest BCUT2D eigenvalue weighted by Crippen LogP contribution is 2.19. The van der Waals surface area contributed by atoms with Gasteiger partial charge in [0.1, 0.15) is 0 Å². The summed E-state index contributed by atoms with van der Waals surface area (Å²) < 4.78 is 0. The van der Waals surface area contributed by atoms with Crippen molar-refractivity contribution in [1.82, 2.24) is 5.32 Å². The number of unbranched alkanes of at least 4 members (excludes halogenated alkanes) is 50. The van der Waals surface area contributed by atoms with E-state index in [9.17, 15) is 15.0 Å². The zero-order valence-corrected chi connectivity index (χ0v) is 44.3. The molecule has 0 fully saturated rings. The van der Waals surface area contributed by atoms with Crippen molar-refractivity contribution in [2.45, 2.75) is 373 Å². The molecule has 0 heterocycles. The lowest BCUT2D eigenvalue weighted by Gasteiger charge is -2.22. The Bertz CT molecular complexity index is 849. The minimum Gasteiger partial charge on any atom is -0.394 e. The summed E-state index contributed by atoms with van der Waals surface area (Å²) in [4.78, 5) is 12.5. The molecule has 64 heavy (non-hydrogen) atoms. The fourth-order valence-electron chi connectivity index (χ4n) is 10.0. The molecule has 4 heteroatoms. The van der Waals surface area contributed by atoms with Crippen LogP contribution >= 0.6 is 0 Å². The molecule has 3 N–H and O–H groups in total. The van der Waals surface area contributed by atoms with Crippen LogP contribution in [0.3, 0.4) is 0 Å². The van der Waals surface area contributed by atoms with Crippen molar-refractivity contribution in [1.29, 1.82) is 0 Å². The fraction of sp³-hybridized carbons (Fsp3) is 0.983. The highest BCUT2D eigenvalue weighted by molar-refractivity contribution is 5.76. The molecular formula is C60H121NO3. The van der Waals surface area contributed by atoms with Crippen molar-refractivity contribution in [3.8, 4) is 0 Å². The van der Waals surface area contributed by atoms with E-state index in [1.807, 2.05) is 0 Å². The van der Waals surface area contributed by atoms with E-state index in [1.54, 1.807) is 0 Å². The molecule has 0 rings (SSSR count). The Morgan fingerprint density at radius 2 is 0.500 bits per heavy atom. The average molecular weight is 905 g/mol. The zero-order chi connectivity index (χ0) is 46.3. The number of hydrogen-bond donors (Lipinski definition) is 3. The molecule has 0 aliphatic rings. The Balaban J connectivity index is 3.38. The standard InChI is InChI=1S/C60H121NO3/c1-3-5-7-9-11-13-15-17-19-21-23-25-27-29-30-32-33-35-37-39-41-43-45-47-49-51-53-55-59(63)58(57-62)61-60(64)56-54-52-50-48-46-44-42-40-38-36-34-31-28-26-24-22-20-18-16-14-12-10-8-6-4-2/h58-59,62-63H,3-57H2,1-2H3,(H,61,64). The maximum Gasteiger partial charge on any atom is 0.220 e. The van der Waals surface area contributed by atoms with Gasteiger partial charge >= 0.3 is 0 Å². The van der Waals surface area contributed by atoms with Crippen LogP contribution in [0, 0.1) is 0 Å². The van der Waals surface area contributed by atoms with Crippen LogP contribution in [0.1, 0.15) is 361 Å². The maximum atomic E-state index is 12.5. The second-order valence-corrected chi connectivity index (χ2v) is 21.1. The lowest BCUT2D eigenvalue weighted by Crippen LogP contribution is -2.45. The number of nitrogens with one attached hydrogen (secondary N) is 1. The molecule has 384 valence electrons. The summed E-state index contributed by atoms with van der Waals surface area (Å²) in [6.45, 7) is 4.41. The quantitative estimate of drug-likeness (QED) is 0.0533. The number of hydrogen-bond acceptors (Lipinski definition) is 3. The Morgan fingerprint density at radius 1 is 0.312 bits per heavy atom. The van der Waals surface area contributed by atoms with Gasteiger partial charge in [-0.1, -0.05) is 341 Å². The van der Waals surface area contributed by atoms with E-state index in [4.69, 9.17) is 0 Å². The lowest BCUT2D eigenvalue weighted by atomic mass is 10.0. The Morgan fingerprint density at radius 3 is 0.703 bits per heavy atom. The molecule has 0 radical (unpaired) electrons. The minimum atomic E-state index is -0.655. The maximum absolute atomic E-state index is 12.5. The topological polar surface area (TPSA) is 69.6 Å². The van der Waals surface area contributed by atoms with E-state index in [0.717, 1.165) is 25.7 Å². The van der Waals surface area contributed by atoms with Crippen molar-refractivity contribution in [3.63, 3.8) is 0 Å². The van der Waals surface area contributed by atoms with Gasteiger partial charge in [0.05, 0.1) is 18.8 Å². The summed E-state index contributed by atoms with van der Waals surface area (Å²) in [7, 11) is 0. The zero-order valence-electron chi connectivity index (χ0n) is 44.3. The van der Waals surface area contributed by atoms with Gasteiger partial charge in [-0.15, -0.1) is 0 Å². The van der Waals surface area contributed by atoms with Crippen LogP contribution in [0.5, 0.6) is 0 Å². The average Bonchev–Trinajstić information content (AvgIpc) is 3.30. The van der Waals surface area contributed by atoms with Crippen molar-refractivity contribution < 1.29 is 15.0 Å². The van der Waals surface area contributed by atoms with Gasteiger partial charge in [-0.2, -0.15) is 0 Å². The molecule has 0 aromatic heterocycles. The Labute approximate surface area is 404 Å². The van der Waals surface area contributed by atoms with E-state index in [-0.39, 0.29) is 12.5 Å². The SMILES string of the molecule is CCCCCCCCCCCCCCCCCCCCCCCCCCCCCC(O)C(CO)NC(=O)CCCCCCCCCCCCCCCCCCCCCCCCCCC. The predicted octanol–water partition coefficient (Wildman–Crippen LogP) is 19.9. The monoisotopic (exact) mass is 904 g/mol. The summed E-state index contributed by atoms with van der Waals surface area (Å²) in [5, 5.41) is 23.4. The molecule has 0 saturated carbocycles. The second-order valence-electron chi connectivity index (χ2n) is 21.1. The van der Waals surface area contributed by atoms with Crippen LogP contribution in [0.25, 0.3) is 0 Å². The number of amides is 1. The third-order valence-corrected chi connectivity index (χ3v) is 14.6. The number of rotatable bonds is 57. The van der Waals surface area contributed by atoms with Crippen LogP contribution in [0.15, 0.2) is 0 Å². The largest absolute Gasteiger partial charge is 0.394 e. The summed E-state index contributed by atoms with van der Waals surface area (Å²) in [6.07, 6.45) is 72.6. The van der Waals surface area contributed by atoms with Crippen molar-refractivity contribution >= 4 is 5.91 Å². The summed E-state index contributed by atoms with van der Waals surface area (Å²) >= 11 is 0. The van der Waals surface area contributed by atoms with Crippen LogP contribution in [0.2, 0.25) is 0 Å². The van der Waals surface area contributed by atoms with Crippen LogP contribution < -0.4 is 5.32 Å². The van der Waals surface area contributed by atoms with E-state index in [0.29, 0.717) is 12.8 Å². The molecular weight excluding hydrogens is 783 g/mol. The minimum absolute atomic E-state index is 0.0209. The molecule has 4 nitrogen and oxygen atoms in total. The highest BCUT2D eigenvalue weighted by atomic mass is 16.3. The first kappa shape index (κ1) is 63.4. The normalized spacial score (nSPS) is 12.6. The summed E-state index contributed by atoms with van der Waals surface area (Å²) in [5.74, 6) is -0.0209. The predicted molar refractivity (Wildman–Crippen MR) is 286 cm³/mol. The van der Waals surface area contributed by atoms with Crippen LogP contribution in [0.4, 0.5) is 0 Å². The summed E-state index contributed by atoms with van der Waals surface area (Å²) in [5.41, 5.74) is 0. The first-order chi connectivity index (χ1) is 31.7. The molecule has 0 bridgehead atoms. The van der Waals surface area contributed by atoms with Gasteiger partial charge in [0.2, 0.25) is 5.91 Å². The van der Waals surface area contributed by atoms with Gasteiger partial charge in [0.15, 0.2) is 0 Å². The van der Waals surface area contributed by atoms with Crippen LogP contribution in [-0.2, 0) is 4.79 Å². The van der Waals surface area contributed by atoms with Gasteiger partial charge in [0.25, 0.3) is 0 Å². The van der Waals surface area contributed by atoms with E-state index < -0.39 is 12.1 Å². The van der Waals surface area contributed by atoms with Gasteiger partial charge in [-0.05, 0) is 12.8 Å². The molecule has 0 aliphatic heterocycles. The number of aliphatic hydroxyl groups excluding tert-OH is 2. The molecule has 0 aliphatic carbocycles. The first-order valence-electron chi connectivity index (χ1n) is 30.2. The van der Waals surface area contributed by atoms with Crippen molar-refractivity contribution in [2.24, 2.45) is 0 Å². The van der Waals surface area contributed by atoms with E-state index in [1.165, 1.54) is 308 Å². The van der Waals surface area contributed by atoms with Gasteiger partial charge < -0.3 is 15.5 Å². The molecule has 0 saturated heterocycles. The first-order valence-corrected chi connectivity index (χ1v) is 30.2. The number of carbonyl (C=O) groups is 1. The molecule has 1 amide bonds. The smallest absolute Gasteiger partial charge is 0.220 e. The van der Waals surface area contributed by atoms with Crippen LogP contribution in [-0.4, -0.2) is 34.9 Å². The lowest BCUT2D eigenvalue weighted by molar-refractivity contribution is -0.123. The molecule has 0 aromatic rings.